The summed E-state index contributed by atoms with van der Waals surface area (Å²) in [5.41, 5.74) is 2.07. The largest absolute Gasteiger partial charge is 0.310 e. The standard InChI is InChI=1S/C11H21N/c1-5-11(8-10(4)12)7-6-9(2)3/h11-12H,2,5-8H2,1,3-4H3. The third kappa shape index (κ3) is 6.14. The summed E-state index contributed by atoms with van der Waals surface area (Å²) in [5, 5.41) is 7.39. The van der Waals surface area contributed by atoms with Crippen molar-refractivity contribution in [3.05, 3.63) is 12.2 Å². The van der Waals surface area contributed by atoms with Crippen LogP contribution in [0.25, 0.3) is 0 Å². The first-order chi connectivity index (χ1) is 5.56. The maximum Gasteiger partial charge on any atom is 0.00609 e. The smallest absolute Gasteiger partial charge is 0.00609 e. The van der Waals surface area contributed by atoms with Gasteiger partial charge in [-0.3, -0.25) is 0 Å². The highest BCUT2D eigenvalue weighted by Crippen LogP contribution is 2.17. The van der Waals surface area contributed by atoms with Crippen molar-refractivity contribution < 1.29 is 0 Å². The second-order valence-electron chi connectivity index (χ2n) is 3.75. The second-order valence-corrected chi connectivity index (χ2v) is 3.75. The Morgan fingerprint density at radius 3 is 2.33 bits per heavy atom. The lowest BCUT2D eigenvalue weighted by atomic mass is 9.93. The molecule has 0 saturated heterocycles. The molecule has 0 fully saturated rings. The molecule has 0 bridgehead atoms. The van der Waals surface area contributed by atoms with Crippen LogP contribution in [0.15, 0.2) is 12.2 Å². The van der Waals surface area contributed by atoms with Crippen molar-refractivity contribution in [2.45, 2.75) is 46.5 Å². The molecule has 0 aliphatic heterocycles. The lowest BCUT2D eigenvalue weighted by Gasteiger charge is -2.13. The second kappa shape index (κ2) is 5.99. The van der Waals surface area contributed by atoms with E-state index in [0.717, 1.165) is 18.6 Å². The van der Waals surface area contributed by atoms with E-state index in [2.05, 4.69) is 20.4 Å². The first-order valence-corrected chi connectivity index (χ1v) is 4.74. The van der Waals surface area contributed by atoms with E-state index in [9.17, 15) is 0 Å². The zero-order chi connectivity index (χ0) is 9.56. The van der Waals surface area contributed by atoms with Crippen LogP contribution in [-0.4, -0.2) is 5.71 Å². The molecule has 0 aliphatic rings. The summed E-state index contributed by atoms with van der Waals surface area (Å²) in [6.45, 7) is 10.1. The van der Waals surface area contributed by atoms with E-state index in [1.807, 2.05) is 6.92 Å². The number of rotatable bonds is 6. The van der Waals surface area contributed by atoms with Gasteiger partial charge in [0.05, 0.1) is 0 Å². The van der Waals surface area contributed by atoms with Crippen LogP contribution in [0.2, 0.25) is 0 Å². The van der Waals surface area contributed by atoms with Crippen molar-refractivity contribution in [2.75, 3.05) is 0 Å². The van der Waals surface area contributed by atoms with Gasteiger partial charge in [-0.05, 0) is 39.0 Å². The van der Waals surface area contributed by atoms with Gasteiger partial charge in [0.2, 0.25) is 0 Å². The normalized spacial score (nSPS) is 12.6. The van der Waals surface area contributed by atoms with E-state index in [1.165, 1.54) is 18.4 Å². The average Bonchev–Trinajstić information content (AvgIpc) is 1.97. The van der Waals surface area contributed by atoms with Crippen molar-refractivity contribution in [2.24, 2.45) is 5.92 Å². The van der Waals surface area contributed by atoms with Crippen LogP contribution in [0.5, 0.6) is 0 Å². The van der Waals surface area contributed by atoms with Crippen LogP contribution in [0.4, 0.5) is 0 Å². The number of hydrogen-bond donors (Lipinski definition) is 1. The Morgan fingerprint density at radius 2 is 2.00 bits per heavy atom. The maximum absolute atomic E-state index is 7.39. The minimum atomic E-state index is 0.694. The molecular weight excluding hydrogens is 146 g/mol. The van der Waals surface area contributed by atoms with Gasteiger partial charge in [-0.1, -0.05) is 18.9 Å². The summed E-state index contributed by atoms with van der Waals surface area (Å²) in [6, 6.07) is 0. The summed E-state index contributed by atoms with van der Waals surface area (Å²) < 4.78 is 0. The SMILES string of the molecule is C=C(C)CCC(CC)CC(C)=N. The molecule has 0 aromatic rings. The molecular formula is C11H21N. The van der Waals surface area contributed by atoms with Gasteiger partial charge < -0.3 is 5.41 Å². The molecule has 0 aromatic heterocycles. The number of hydrogen-bond acceptors (Lipinski definition) is 1. The van der Waals surface area contributed by atoms with Crippen molar-refractivity contribution >= 4 is 5.71 Å². The Labute approximate surface area is 76.4 Å². The molecule has 1 N–H and O–H groups in total. The zero-order valence-corrected chi connectivity index (χ0v) is 8.61. The molecule has 0 amide bonds. The fourth-order valence-electron chi connectivity index (χ4n) is 1.33. The number of nitrogens with one attached hydrogen (secondary N) is 1. The van der Waals surface area contributed by atoms with E-state index in [-0.39, 0.29) is 0 Å². The number of allylic oxidation sites excluding steroid dienone is 1. The van der Waals surface area contributed by atoms with Crippen LogP contribution in [-0.2, 0) is 0 Å². The van der Waals surface area contributed by atoms with E-state index >= 15 is 0 Å². The highest BCUT2D eigenvalue weighted by molar-refractivity contribution is 5.78. The van der Waals surface area contributed by atoms with E-state index < -0.39 is 0 Å². The highest BCUT2D eigenvalue weighted by atomic mass is 14.4. The molecule has 1 nitrogen and oxygen atoms in total. The van der Waals surface area contributed by atoms with Gasteiger partial charge in [-0.15, -0.1) is 6.58 Å². The Bertz CT molecular complexity index is 158. The fourth-order valence-corrected chi connectivity index (χ4v) is 1.33. The van der Waals surface area contributed by atoms with Gasteiger partial charge in [0.15, 0.2) is 0 Å². The van der Waals surface area contributed by atoms with Gasteiger partial charge in [0.1, 0.15) is 0 Å². The highest BCUT2D eigenvalue weighted by Gasteiger charge is 2.06. The van der Waals surface area contributed by atoms with Gasteiger partial charge >= 0.3 is 0 Å². The minimum absolute atomic E-state index is 0.694. The Kier molecular flexibility index (Phi) is 5.69. The maximum atomic E-state index is 7.39. The topological polar surface area (TPSA) is 23.9 Å². The first-order valence-electron chi connectivity index (χ1n) is 4.74. The third-order valence-corrected chi connectivity index (χ3v) is 2.15. The molecule has 70 valence electrons. The van der Waals surface area contributed by atoms with Gasteiger partial charge in [0.25, 0.3) is 0 Å². The van der Waals surface area contributed by atoms with Crippen LogP contribution >= 0.6 is 0 Å². The summed E-state index contributed by atoms with van der Waals surface area (Å²) in [7, 11) is 0. The van der Waals surface area contributed by atoms with Gasteiger partial charge in [-0.25, -0.2) is 0 Å². The quantitative estimate of drug-likeness (QED) is 0.459. The fraction of sp³-hybridized carbons (Fsp3) is 0.727. The van der Waals surface area contributed by atoms with Gasteiger partial charge in [-0.2, -0.15) is 0 Å². The first kappa shape index (κ1) is 11.4. The molecule has 0 radical (unpaired) electrons. The lowest BCUT2D eigenvalue weighted by Crippen LogP contribution is -2.04. The Hall–Kier alpha value is -0.590. The molecule has 1 heteroatoms. The van der Waals surface area contributed by atoms with Crippen molar-refractivity contribution in [3.8, 4) is 0 Å². The van der Waals surface area contributed by atoms with E-state index in [0.29, 0.717) is 5.92 Å². The van der Waals surface area contributed by atoms with Crippen molar-refractivity contribution in [1.29, 1.82) is 5.41 Å². The molecule has 0 rings (SSSR count). The van der Waals surface area contributed by atoms with Crippen molar-refractivity contribution in [1.82, 2.24) is 0 Å². The molecule has 1 atom stereocenters. The summed E-state index contributed by atoms with van der Waals surface area (Å²) >= 11 is 0. The molecule has 0 aliphatic carbocycles. The summed E-state index contributed by atoms with van der Waals surface area (Å²) in [4.78, 5) is 0. The van der Waals surface area contributed by atoms with Gasteiger partial charge in [0, 0.05) is 5.71 Å². The monoisotopic (exact) mass is 167 g/mol. The van der Waals surface area contributed by atoms with Crippen LogP contribution in [0.1, 0.15) is 46.5 Å². The Morgan fingerprint density at radius 1 is 1.42 bits per heavy atom. The molecule has 1 unspecified atom stereocenters. The van der Waals surface area contributed by atoms with Crippen LogP contribution in [0, 0.1) is 11.3 Å². The minimum Gasteiger partial charge on any atom is -0.310 e. The molecule has 0 heterocycles. The lowest BCUT2D eigenvalue weighted by molar-refractivity contribution is 0.486. The van der Waals surface area contributed by atoms with Crippen molar-refractivity contribution in [3.63, 3.8) is 0 Å². The summed E-state index contributed by atoms with van der Waals surface area (Å²) in [5.74, 6) is 0.694. The Balaban J connectivity index is 3.67. The third-order valence-electron chi connectivity index (χ3n) is 2.15. The van der Waals surface area contributed by atoms with Crippen LogP contribution in [0.3, 0.4) is 0 Å². The zero-order valence-electron chi connectivity index (χ0n) is 8.61. The van der Waals surface area contributed by atoms with E-state index in [1.54, 1.807) is 0 Å². The molecule has 0 saturated carbocycles. The summed E-state index contributed by atoms with van der Waals surface area (Å²) in [6.07, 6.45) is 4.46. The van der Waals surface area contributed by atoms with E-state index in [4.69, 9.17) is 5.41 Å². The molecule has 12 heavy (non-hydrogen) atoms. The molecule has 0 spiro atoms. The molecule has 0 aromatic carbocycles. The average molecular weight is 167 g/mol. The van der Waals surface area contributed by atoms with Crippen LogP contribution < -0.4 is 0 Å². The predicted octanol–water partition coefficient (Wildman–Crippen LogP) is 3.80. The predicted molar refractivity (Wildman–Crippen MR) is 55.8 cm³/mol.